The van der Waals surface area contributed by atoms with Gasteiger partial charge in [0.1, 0.15) is 5.82 Å². The molecule has 0 aliphatic carbocycles. The highest BCUT2D eigenvalue weighted by atomic mass is 19.4. The lowest BCUT2D eigenvalue weighted by Crippen LogP contribution is -2.13. The summed E-state index contributed by atoms with van der Waals surface area (Å²) in [6.07, 6.45) is -3.68. The Hall–Kier alpha value is -2.68. The summed E-state index contributed by atoms with van der Waals surface area (Å²) in [6.45, 7) is 3.61. The molecular formula is C17H18F3N5O. The largest absolute Gasteiger partial charge is 0.453 e. The molecule has 1 aromatic carbocycles. The number of benzene rings is 1. The molecule has 0 atom stereocenters. The number of alkyl halides is 3. The normalized spacial score (nSPS) is 11.8. The second kappa shape index (κ2) is 7.69. The van der Waals surface area contributed by atoms with Crippen molar-refractivity contribution in [3.8, 4) is 0 Å². The molecular weight excluding hydrogens is 347 g/mol. The van der Waals surface area contributed by atoms with Gasteiger partial charge in [-0.25, -0.2) is 0 Å². The van der Waals surface area contributed by atoms with Gasteiger partial charge in [0.15, 0.2) is 5.65 Å². The van der Waals surface area contributed by atoms with E-state index >= 15 is 0 Å². The van der Waals surface area contributed by atoms with E-state index in [1.54, 1.807) is 6.07 Å². The Bertz CT molecular complexity index is 878. The molecule has 0 radical (unpaired) electrons. The Labute approximate surface area is 148 Å². The highest BCUT2D eigenvalue weighted by Gasteiger charge is 2.37. The van der Waals surface area contributed by atoms with E-state index < -0.39 is 12.0 Å². The third kappa shape index (κ3) is 4.10. The highest BCUT2D eigenvalue weighted by Crippen LogP contribution is 2.27. The predicted molar refractivity (Wildman–Crippen MR) is 89.5 cm³/mol. The predicted octanol–water partition coefficient (Wildman–Crippen LogP) is 3.68. The number of ether oxygens (including phenoxy) is 1. The van der Waals surface area contributed by atoms with Crippen LogP contribution in [0.15, 0.2) is 36.4 Å². The van der Waals surface area contributed by atoms with Gasteiger partial charge in [-0.2, -0.15) is 17.7 Å². The summed E-state index contributed by atoms with van der Waals surface area (Å²) in [5.41, 5.74) is 2.05. The summed E-state index contributed by atoms with van der Waals surface area (Å²) in [4.78, 5) is 0. The maximum atomic E-state index is 12.9. The van der Waals surface area contributed by atoms with E-state index in [-0.39, 0.29) is 5.65 Å². The molecule has 0 aliphatic heterocycles. The van der Waals surface area contributed by atoms with Gasteiger partial charge < -0.3 is 10.1 Å². The molecule has 26 heavy (non-hydrogen) atoms. The minimum absolute atomic E-state index is 0.0382. The molecule has 2 heterocycles. The van der Waals surface area contributed by atoms with Gasteiger partial charge in [0.05, 0.1) is 6.61 Å². The van der Waals surface area contributed by atoms with Crippen LogP contribution in [0.1, 0.15) is 30.3 Å². The van der Waals surface area contributed by atoms with Crippen LogP contribution in [0.4, 0.5) is 19.0 Å². The van der Waals surface area contributed by atoms with E-state index in [1.807, 2.05) is 31.2 Å². The van der Waals surface area contributed by atoms with Gasteiger partial charge in [-0.15, -0.1) is 15.3 Å². The van der Waals surface area contributed by atoms with Crippen molar-refractivity contribution < 1.29 is 17.9 Å². The minimum atomic E-state index is -4.62. The first-order valence-electron chi connectivity index (χ1n) is 8.17. The number of rotatable bonds is 7. The monoisotopic (exact) mass is 365 g/mol. The first kappa shape index (κ1) is 18.1. The molecule has 0 spiro atoms. The molecule has 0 bridgehead atoms. The number of hydrogen-bond donors (Lipinski definition) is 1. The van der Waals surface area contributed by atoms with Gasteiger partial charge in [0.25, 0.3) is 5.82 Å². The molecule has 3 aromatic rings. The number of aromatic nitrogens is 4. The zero-order chi connectivity index (χ0) is 18.6. The molecule has 9 heteroatoms. The zero-order valence-corrected chi connectivity index (χ0v) is 14.1. The molecule has 3 rings (SSSR count). The van der Waals surface area contributed by atoms with Crippen molar-refractivity contribution in [2.45, 2.75) is 32.7 Å². The lowest BCUT2D eigenvalue weighted by molar-refractivity contribution is -0.146. The highest BCUT2D eigenvalue weighted by molar-refractivity contribution is 5.45. The van der Waals surface area contributed by atoms with E-state index in [4.69, 9.17) is 4.74 Å². The van der Waals surface area contributed by atoms with Gasteiger partial charge >= 0.3 is 6.18 Å². The maximum Gasteiger partial charge on any atom is 0.453 e. The Balaban J connectivity index is 1.76. The smallest absolute Gasteiger partial charge is 0.377 e. The van der Waals surface area contributed by atoms with E-state index in [1.165, 1.54) is 6.07 Å². The number of nitrogens with one attached hydrogen (secondary N) is 1. The molecule has 0 amide bonds. The summed E-state index contributed by atoms with van der Waals surface area (Å²) < 4.78 is 45.1. The molecule has 0 aliphatic rings. The SMILES string of the molecule is CCCOCc1ccccc1CNc1ccc2nnc(C(F)(F)F)n2n1. The average Bonchev–Trinajstić information content (AvgIpc) is 3.04. The fourth-order valence-corrected chi connectivity index (χ4v) is 2.44. The van der Waals surface area contributed by atoms with Crippen LogP contribution in [0.3, 0.4) is 0 Å². The molecule has 2 aromatic heterocycles. The van der Waals surface area contributed by atoms with Crippen molar-refractivity contribution in [3.63, 3.8) is 0 Å². The number of fused-ring (bicyclic) bond motifs is 1. The topological polar surface area (TPSA) is 64.3 Å². The Morgan fingerprint density at radius 1 is 1.08 bits per heavy atom. The first-order valence-corrected chi connectivity index (χ1v) is 8.17. The van der Waals surface area contributed by atoms with Crippen LogP contribution in [-0.2, 0) is 24.1 Å². The first-order chi connectivity index (χ1) is 12.5. The van der Waals surface area contributed by atoms with Gasteiger partial charge in [-0.05, 0) is 29.7 Å². The number of halogens is 3. The zero-order valence-electron chi connectivity index (χ0n) is 14.1. The van der Waals surface area contributed by atoms with Crippen molar-refractivity contribution in [1.82, 2.24) is 19.8 Å². The van der Waals surface area contributed by atoms with Gasteiger partial charge in [0, 0.05) is 13.2 Å². The van der Waals surface area contributed by atoms with E-state index in [9.17, 15) is 13.2 Å². The number of nitrogens with zero attached hydrogens (tertiary/aromatic N) is 4. The van der Waals surface area contributed by atoms with E-state index in [0.717, 1.165) is 17.5 Å². The Morgan fingerprint density at radius 3 is 2.58 bits per heavy atom. The second-order valence-electron chi connectivity index (χ2n) is 5.68. The van der Waals surface area contributed by atoms with Crippen LogP contribution in [0.2, 0.25) is 0 Å². The number of hydrogen-bond acceptors (Lipinski definition) is 5. The van der Waals surface area contributed by atoms with Crippen LogP contribution < -0.4 is 5.32 Å². The van der Waals surface area contributed by atoms with E-state index in [0.29, 0.717) is 30.1 Å². The van der Waals surface area contributed by atoms with Crippen molar-refractivity contribution in [2.24, 2.45) is 0 Å². The van der Waals surface area contributed by atoms with Crippen molar-refractivity contribution >= 4 is 11.5 Å². The lowest BCUT2D eigenvalue weighted by atomic mass is 10.1. The second-order valence-corrected chi connectivity index (χ2v) is 5.68. The van der Waals surface area contributed by atoms with Crippen molar-refractivity contribution in [2.75, 3.05) is 11.9 Å². The molecule has 0 fully saturated rings. The van der Waals surface area contributed by atoms with Crippen molar-refractivity contribution in [3.05, 3.63) is 53.3 Å². The van der Waals surface area contributed by atoms with E-state index in [2.05, 4.69) is 20.6 Å². The molecule has 6 nitrogen and oxygen atoms in total. The fraction of sp³-hybridized carbons (Fsp3) is 0.353. The minimum Gasteiger partial charge on any atom is -0.377 e. The molecule has 0 saturated heterocycles. The standard InChI is InChI=1S/C17H18F3N5O/c1-2-9-26-11-13-6-4-3-5-12(13)10-21-14-7-8-15-22-23-16(17(18,19)20)25(15)24-14/h3-8H,2,9-11H2,1H3,(H,21,24). The summed E-state index contributed by atoms with van der Waals surface area (Å²) in [7, 11) is 0. The van der Waals surface area contributed by atoms with Crippen LogP contribution in [-0.4, -0.2) is 26.4 Å². The molecule has 1 N–H and O–H groups in total. The third-order valence-electron chi connectivity index (χ3n) is 3.70. The summed E-state index contributed by atoms with van der Waals surface area (Å²) >= 11 is 0. The quantitative estimate of drug-likeness (QED) is 0.647. The fourth-order valence-electron chi connectivity index (χ4n) is 2.44. The summed E-state index contributed by atoms with van der Waals surface area (Å²) in [6, 6.07) is 10.7. The van der Waals surface area contributed by atoms with Gasteiger partial charge in [-0.3, -0.25) is 0 Å². The molecule has 0 unspecified atom stereocenters. The third-order valence-corrected chi connectivity index (χ3v) is 3.70. The van der Waals surface area contributed by atoms with Crippen LogP contribution in [0.5, 0.6) is 0 Å². The van der Waals surface area contributed by atoms with Crippen molar-refractivity contribution in [1.29, 1.82) is 0 Å². The Morgan fingerprint density at radius 2 is 1.85 bits per heavy atom. The summed E-state index contributed by atoms with van der Waals surface area (Å²) in [5, 5.41) is 13.6. The van der Waals surface area contributed by atoms with Gasteiger partial charge in [0.2, 0.25) is 0 Å². The van der Waals surface area contributed by atoms with Gasteiger partial charge in [-0.1, -0.05) is 31.2 Å². The number of anilines is 1. The summed E-state index contributed by atoms with van der Waals surface area (Å²) in [5.74, 6) is -0.850. The molecule has 138 valence electrons. The molecule has 0 saturated carbocycles. The van der Waals surface area contributed by atoms with Crippen LogP contribution >= 0.6 is 0 Å². The van der Waals surface area contributed by atoms with Crippen LogP contribution in [0, 0.1) is 0 Å². The van der Waals surface area contributed by atoms with Crippen LogP contribution in [0.25, 0.3) is 5.65 Å². The lowest BCUT2D eigenvalue weighted by Gasteiger charge is -2.12. The maximum absolute atomic E-state index is 12.9. The Kier molecular flexibility index (Phi) is 5.36. The average molecular weight is 365 g/mol.